The molecule has 1 aromatic rings. The van der Waals surface area contributed by atoms with Gasteiger partial charge in [0.2, 0.25) is 0 Å². The zero-order valence-electron chi connectivity index (χ0n) is 9.37. The van der Waals surface area contributed by atoms with Crippen LogP contribution in [0.4, 0.5) is 5.95 Å². The van der Waals surface area contributed by atoms with Gasteiger partial charge >= 0.3 is 0 Å². The van der Waals surface area contributed by atoms with E-state index in [0.717, 1.165) is 26.2 Å². The average Bonchev–Trinajstić information content (AvgIpc) is 2.31. The molecular formula is C10H16N6. The molecule has 6 nitrogen and oxygen atoms in total. The van der Waals surface area contributed by atoms with Crippen LogP contribution in [0.1, 0.15) is 0 Å². The van der Waals surface area contributed by atoms with Gasteiger partial charge in [0, 0.05) is 38.6 Å². The molecule has 0 aliphatic carbocycles. The monoisotopic (exact) mass is 220 g/mol. The SMILES string of the molecule is CN1CCN(/C(N)=N/c2ncccn2)CC1. The fourth-order valence-corrected chi connectivity index (χ4v) is 1.56. The van der Waals surface area contributed by atoms with Crippen molar-refractivity contribution in [1.82, 2.24) is 19.8 Å². The van der Waals surface area contributed by atoms with Crippen molar-refractivity contribution in [2.75, 3.05) is 33.2 Å². The summed E-state index contributed by atoms with van der Waals surface area (Å²) in [6, 6.07) is 1.76. The first-order chi connectivity index (χ1) is 7.75. The fourth-order valence-electron chi connectivity index (χ4n) is 1.56. The Hall–Kier alpha value is -1.69. The van der Waals surface area contributed by atoms with E-state index >= 15 is 0 Å². The Morgan fingerprint density at radius 1 is 1.25 bits per heavy atom. The van der Waals surface area contributed by atoms with E-state index in [1.165, 1.54) is 0 Å². The first-order valence-electron chi connectivity index (χ1n) is 5.30. The highest BCUT2D eigenvalue weighted by atomic mass is 15.3. The van der Waals surface area contributed by atoms with Gasteiger partial charge in [-0.15, -0.1) is 0 Å². The Labute approximate surface area is 94.8 Å². The summed E-state index contributed by atoms with van der Waals surface area (Å²) in [5, 5.41) is 0. The standard InChI is InChI=1S/C10H16N6/c1-15-5-7-16(8-6-15)9(11)14-10-12-3-2-4-13-10/h2-4H,5-8H2,1H3,(H2,11,12,13,14). The molecule has 1 aliphatic heterocycles. The number of likely N-dealkylation sites (N-methyl/N-ethyl adjacent to an activating group) is 1. The minimum absolute atomic E-state index is 0.416. The maximum absolute atomic E-state index is 5.90. The molecule has 1 aliphatic rings. The maximum atomic E-state index is 5.90. The third-order valence-electron chi connectivity index (χ3n) is 2.59. The average molecular weight is 220 g/mol. The molecular weight excluding hydrogens is 204 g/mol. The van der Waals surface area contributed by atoms with Crippen LogP contribution in [0.15, 0.2) is 23.5 Å². The second-order valence-corrected chi connectivity index (χ2v) is 3.81. The van der Waals surface area contributed by atoms with Crippen LogP contribution in [-0.2, 0) is 0 Å². The smallest absolute Gasteiger partial charge is 0.252 e. The predicted molar refractivity (Wildman–Crippen MR) is 62.4 cm³/mol. The lowest BCUT2D eigenvalue weighted by molar-refractivity contribution is 0.214. The van der Waals surface area contributed by atoms with E-state index in [1.54, 1.807) is 18.5 Å². The van der Waals surface area contributed by atoms with Gasteiger partial charge in [0.15, 0.2) is 5.96 Å². The molecule has 0 atom stereocenters. The lowest BCUT2D eigenvalue weighted by atomic mass is 10.3. The summed E-state index contributed by atoms with van der Waals surface area (Å²) in [6.45, 7) is 3.81. The van der Waals surface area contributed by atoms with Crippen LogP contribution in [0.5, 0.6) is 0 Å². The first-order valence-corrected chi connectivity index (χ1v) is 5.30. The van der Waals surface area contributed by atoms with Crippen molar-refractivity contribution in [3.63, 3.8) is 0 Å². The number of piperazine rings is 1. The number of hydrogen-bond acceptors (Lipinski definition) is 4. The van der Waals surface area contributed by atoms with Crippen LogP contribution < -0.4 is 5.73 Å². The quantitative estimate of drug-likeness (QED) is 0.518. The molecule has 1 aromatic heterocycles. The maximum Gasteiger partial charge on any atom is 0.252 e. The highest BCUT2D eigenvalue weighted by Gasteiger charge is 2.15. The zero-order chi connectivity index (χ0) is 11.4. The molecule has 0 aromatic carbocycles. The summed E-state index contributed by atoms with van der Waals surface area (Å²) < 4.78 is 0. The molecule has 0 radical (unpaired) electrons. The molecule has 1 fully saturated rings. The van der Waals surface area contributed by atoms with E-state index in [1.807, 2.05) is 0 Å². The van der Waals surface area contributed by atoms with Crippen LogP contribution >= 0.6 is 0 Å². The van der Waals surface area contributed by atoms with E-state index in [2.05, 4.69) is 31.8 Å². The minimum atomic E-state index is 0.416. The van der Waals surface area contributed by atoms with E-state index in [4.69, 9.17) is 5.73 Å². The Kier molecular flexibility index (Phi) is 3.31. The van der Waals surface area contributed by atoms with Crippen molar-refractivity contribution in [2.24, 2.45) is 10.7 Å². The van der Waals surface area contributed by atoms with Crippen molar-refractivity contribution in [1.29, 1.82) is 0 Å². The van der Waals surface area contributed by atoms with Crippen LogP contribution in [-0.4, -0.2) is 59.0 Å². The molecule has 0 saturated carbocycles. The van der Waals surface area contributed by atoms with E-state index in [-0.39, 0.29) is 0 Å². The molecule has 0 bridgehead atoms. The van der Waals surface area contributed by atoms with Gasteiger partial charge in [-0.3, -0.25) is 0 Å². The van der Waals surface area contributed by atoms with Crippen LogP contribution in [0, 0.1) is 0 Å². The summed E-state index contributed by atoms with van der Waals surface area (Å²) in [5.41, 5.74) is 5.90. The third kappa shape index (κ3) is 2.66. The van der Waals surface area contributed by atoms with Crippen molar-refractivity contribution < 1.29 is 0 Å². The molecule has 2 N–H and O–H groups in total. The normalized spacial score (nSPS) is 18.8. The molecule has 2 heterocycles. The van der Waals surface area contributed by atoms with Gasteiger partial charge in [0.1, 0.15) is 0 Å². The van der Waals surface area contributed by atoms with Crippen molar-refractivity contribution >= 4 is 11.9 Å². The Bertz CT molecular complexity index is 355. The second-order valence-electron chi connectivity index (χ2n) is 3.81. The highest BCUT2D eigenvalue weighted by molar-refractivity contribution is 5.80. The summed E-state index contributed by atoms with van der Waals surface area (Å²) in [6.07, 6.45) is 3.31. The number of guanidine groups is 1. The van der Waals surface area contributed by atoms with Gasteiger partial charge in [0.25, 0.3) is 5.95 Å². The number of rotatable bonds is 1. The highest BCUT2D eigenvalue weighted by Crippen LogP contribution is 2.03. The number of nitrogens with two attached hydrogens (primary N) is 1. The van der Waals surface area contributed by atoms with Crippen LogP contribution in [0.2, 0.25) is 0 Å². The van der Waals surface area contributed by atoms with Gasteiger partial charge in [-0.05, 0) is 13.1 Å². The predicted octanol–water partition coefficient (Wildman–Crippen LogP) is -0.330. The van der Waals surface area contributed by atoms with Crippen LogP contribution in [0.25, 0.3) is 0 Å². The van der Waals surface area contributed by atoms with Gasteiger partial charge in [-0.25, -0.2) is 9.97 Å². The van der Waals surface area contributed by atoms with Gasteiger partial charge in [-0.1, -0.05) is 0 Å². The van der Waals surface area contributed by atoms with E-state index in [9.17, 15) is 0 Å². The minimum Gasteiger partial charge on any atom is -0.369 e. The summed E-state index contributed by atoms with van der Waals surface area (Å²) in [7, 11) is 2.10. The van der Waals surface area contributed by atoms with Gasteiger partial charge < -0.3 is 15.5 Å². The van der Waals surface area contributed by atoms with Crippen LogP contribution in [0.3, 0.4) is 0 Å². The number of hydrogen-bond donors (Lipinski definition) is 1. The molecule has 86 valence electrons. The zero-order valence-corrected chi connectivity index (χ0v) is 9.37. The third-order valence-corrected chi connectivity index (χ3v) is 2.59. The first kappa shape index (κ1) is 10.8. The van der Waals surface area contributed by atoms with E-state index < -0.39 is 0 Å². The van der Waals surface area contributed by atoms with Crippen molar-refractivity contribution in [2.45, 2.75) is 0 Å². The van der Waals surface area contributed by atoms with Crippen molar-refractivity contribution in [3.8, 4) is 0 Å². The second kappa shape index (κ2) is 4.89. The van der Waals surface area contributed by atoms with E-state index in [0.29, 0.717) is 11.9 Å². The van der Waals surface area contributed by atoms with Gasteiger partial charge in [0.05, 0.1) is 0 Å². The number of aromatic nitrogens is 2. The number of nitrogens with zero attached hydrogens (tertiary/aromatic N) is 5. The van der Waals surface area contributed by atoms with Crippen molar-refractivity contribution in [3.05, 3.63) is 18.5 Å². The summed E-state index contributed by atoms with van der Waals surface area (Å²) in [5.74, 6) is 0.915. The molecule has 0 amide bonds. The molecule has 16 heavy (non-hydrogen) atoms. The Morgan fingerprint density at radius 2 is 1.88 bits per heavy atom. The number of aliphatic imine (C=N–C) groups is 1. The summed E-state index contributed by atoms with van der Waals surface area (Å²) in [4.78, 5) is 16.5. The molecule has 2 rings (SSSR count). The molecule has 6 heteroatoms. The Morgan fingerprint density at radius 3 is 2.50 bits per heavy atom. The Balaban J connectivity index is 2.02. The fraction of sp³-hybridized carbons (Fsp3) is 0.500. The topological polar surface area (TPSA) is 70.6 Å². The summed E-state index contributed by atoms with van der Waals surface area (Å²) >= 11 is 0. The lowest BCUT2D eigenvalue weighted by Gasteiger charge is -2.32. The largest absolute Gasteiger partial charge is 0.369 e. The lowest BCUT2D eigenvalue weighted by Crippen LogP contribution is -2.49. The van der Waals surface area contributed by atoms with Gasteiger partial charge in [-0.2, -0.15) is 4.99 Å². The molecule has 1 saturated heterocycles. The molecule has 0 spiro atoms. The molecule has 0 unspecified atom stereocenters.